The van der Waals surface area contributed by atoms with Crippen LogP contribution in [0.15, 0.2) is 84.9 Å². The summed E-state index contributed by atoms with van der Waals surface area (Å²) < 4.78 is 0. The molecule has 138 valence electrons. The van der Waals surface area contributed by atoms with Crippen molar-refractivity contribution in [3.63, 3.8) is 0 Å². The van der Waals surface area contributed by atoms with E-state index >= 15 is 0 Å². The minimum atomic E-state index is -0.275. The molecule has 0 aromatic heterocycles. The molecule has 1 aliphatic carbocycles. The summed E-state index contributed by atoms with van der Waals surface area (Å²) in [6.07, 6.45) is 5.40. The molecule has 3 aromatic carbocycles. The van der Waals surface area contributed by atoms with Gasteiger partial charge in [-0.15, -0.1) is 0 Å². The highest BCUT2D eigenvalue weighted by molar-refractivity contribution is 5.71. The first-order chi connectivity index (χ1) is 13.7. The van der Waals surface area contributed by atoms with Gasteiger partial charge in [-0.3, -0.25) is 10.1 Å². The van der Waals surface area contributed by atoms with E-state index in [4.69, 9.17) is 0 Å². The molecule has 0 unspecified atom stereocenters. The van der Waals surface area contributed by atoms with Crippen LogP contribution in [0.25, 0.3) is 11.1 Å². The molecule has 5 rings (SSSR count). The van der Waals surface area contributed by atoms with Crippen LogP contribution < -0.4 is 5.32 Å². The monoisotopic (exact) mass is 368 g/mol. The number of benzene rings is 3. The SMILES string of the molecule is O=[N+]([O-])c1ccccc1[C@@H]1Nc2ccc(-c3ccccc3)cc2[C@@H]2C=CC[C@H]21. The number of hydrogen-bond donors (Lipinski definition) is 1. The molecule has 1 heterocycles. The summed E-state index contributed by atoms with van der Waals surface area (Å²) in [4.78, 5) is 11.3. The molecule has 0 bridgehead atoms. The van der Waals surface area contributed by atoms with Crippen molar-refractivity contribution in [1.82, 2.24) is 0 Å². The van der Waals surface area contributed by atoms with Crippen molar-refractivity contribution in [1.29, 1.82) is 0 Å². The summed E-state index contributed by atoms with van der Waals surface area (Å²) in [5.74, 6) is 0.546. The Morgan fingerprint density at radius 2 is 1.68 bits per heavy atom. The standard InChI is InChI=1S/C24H20N2O2/c27-26(28)23-12-5-4-9-20(23)24-19-11-6-10-18(19)21-15-17(13-14-22(21)25-24)16-7-2-1-3-8-16/h1-10,12-15,18-19,24-25H,11H2/t18-,19-,24-/m1/s1. The normalized spacial score (nSPS) is 22.2. The molecule has 1 aliphatic heterocycles. The van der Waals surface area contributed by atoms with Crippen molar-refractivity contribution < 1.29 is 4.92 Å². The minimum absolute atomic E-state index is 0.0725. The highest BCUT2D eigenvalue weighted by Gasteiger charge is 2.40. The Hall–Kier alpha value is -3.40. The van der Waals surface area contributed by atoms with Crippen LogP contribution in [0.2, 0.25) is 0 Å². The van der Waals surface area contributed by atoms with Crippen molar-refractivity contribution in [3.05, 3.63) is 106 Å². The van der Waals surface area contributed by atoms with Crippen LogP contribution in [0, 0.1) is 16.0 Å². The van der Waals surface area contributed by atoms with Gasteiger partial charge < -0.3 is 5.32 Å². The average molecular weight is 368 g/mol. The van der Waals surface area contributed by atoms with Gasteiger partial charge in [0.15, 0.2) is 0 Å². The first-order valence-electron chi connectivity index (χ1n) is 9.58. The zero-order valence-electron chi connectivity index (χ0n) is 15.3. The lowest BCUT2D eigenvalue weighted by molar-refractivity contribution is -0.385. The molecule has 3 aromatic rings. The molecule has 4 heteroatoms. The Balaban J connectivity index is 1.59. The van der Waals surface area contributed by atoms with Gasteiger partial charge >= 0.3 is 0 Å². The molecular formula is C24H20N2O2. The van der Waals surface area contributed by atoms with E-state index in [0.717, 1.165) is 17.7 Å². The van der Waals surface area contributed by atoms with E-state index in [1.807, 2.05) is 18.2 Å². The molecule has 4 nitrogen and oxygen atoms in total. The minimum Gasteiger partial charge on any atom is -0.377 e. The van der Waals surface area contributed by atoms with Crippen LogP contribution >= 0.6 is 0 Å². The van der Waals surface area contributed by atoms with Crippen LogP contribution in [0.3, 0.4) is 0 Å². The largest absolute Gasteiger partial charge is 0.377 e. The highest BCUT2D eigenvalue weighted by atomic mass is 16.6. The zero-order valence-corrected chi connectivity index (χ0v) is 15.3. The van der Waals surface area contributed by atoms with E-state index in [1.54, 1.807) is 12.1 Å². The highest BCUT2D eigenvalue weighted by Crippen LogP contribution is 2.51. The van der Waals surface area contributed by atoms with Crippen molar-refractivity contribution in [2.45, 2.75) is 18.4 Å². The van der Waals surface area contributed by atoms with Crippen LogP contribution in [-0.2, 0) is 0 Å². The predicted octanol–water partition coefficient (Wildman–Crippen LogP) is 6.09. The second kappa shape index (κ2) is 6.64. The number of allylic oxidation sites excluding steroid dienone is 2. The summed E-state index contributed by atoms with van der Waals surface area (Å²) in [7, 11) is 0. The van der Waals surface area contributed by atoms with Gasteiger partial charge in [0.25, 0.3) is 5.69 Å². The summed E-state index contributed by atoms with van der Waals surface area (Å²) in [6.45, 7) is 0. The van der Waals surface area contributed by atoms with Gasteiger partial charge in [-0.1, -0.05) is 66.7 Å². The molecule has 1 N–H and O–H groups in total. The van der Waals surface area contributed by atoms with Gasteiger partial charge in [-0.05, 0) is 41.2 Å². The van der Waals surface area contributed by atoms with Crippen molar-refractivity contribution in [3.8, 4) is 11.1 Å². The molecule has 28 heavy (non-hydrogen) atoms. The van der Waals surface area contributed by atoms with Crippen LogP contribution in [0.4, 0.5) is 11.4 Å². The molecule has 3 atom stereocenters. The zero-order chi connectivity index (χ0) is 19.1. The molecular weight excluding hydrogens is 348 g/mol. The Labute approximate surface area is 163 Å². The lowest BCUT2D eigenvalue weighted by atomic mass is 9.76. The molecule has 0 saturated carbocycles. The number of anilines is 1. The van der Waals surface area contributed by atoms with Crippen molar-refractivity contribution in [2.75, 3.05) is 5.32 Å². The van der Waals surface area contributed by atoms with E-state index in [9.17, 15) is 10.1 Å². The summed E-state index contributed by atoms with van der Waals surface area (Å²) in [6, 6.07) is 23.9. The third-order valence-corrected chi connectivity index (χ3v) is 5.94. The van der Waals surface area contributed by atoms with Gasteiger partial charge in [0, 0.05) is 17.7 Å². The second-order valence-electron chi connectivity index (χ2n) is 7.46. The van der Waals surface area contributed by atoms with Gasteiger partial charge in [-0.2, -0.15) is 0 Å². The number of nitrogens with zero attached hydrogens (tertiary/aromatic N) is 1. The van der Waals surface area contributed by atoms with Gasteiger partial charge in [-0.25, -0.2) is 0 Å². The topological polar surface area (TPSA) is 55.2 Å². The Bertz CT molecular complexity index is 1070. The lowest BCUT2D eigenvalue weighted by Gasteiger charge is -2.37. The maximum atomic E-state index is 11.6. The lowest BCUT2D eigenvalue weighted by Crippen LogP contribution is -2.29. The van der Waals surface area contributed by atoms with E-state index < -0.39 is 0 Å². The number of hydrogen-bond acceptors (Lipinski definition) is 3. The Morgan fingerprint density at radius 1 is 0.893 bits per heavy atom. The average Bonchev–Trinajstić information content (AvgIpc) is 3.24. The molecule has 0 fully saturated rings. The van der Waals surface area contributed by atoms with E-state index in [-0.39, 0.29) is 28.5 Å². The molecule has 0 amide bonds. The quantitative estimate of drug-likeness (QED) is 0.346. The van der Waals surface area contributed by atoms with E-state index in [2.05, 4.69) is 59.9 Å². The Kier molecular flexibility index (Phi) is 3.97. The fourth-order valence-electron chi connectivity index (χ4n) is 4.63. The van der Waals surface area contributed by atoms with Gasteiger partial charge in [0.05, 0.1) is 16.5 Å². The predicted molar refractivity (Wildman–Crippen MR) is 111 cm³/mol. The number of fused-ring (bicyclic) bond motifs is 3. The van der Waals surface area contributed by atoms with Gasteiger partial charge in [0.2, 0.25) is 0 Å². The van der Waals surface area contributed by atoms with Crippen LogP contribution in [0.1, 0.15) is 29.5 Å². The second-order valence-corrected chi connectivity index (χ2v) is 7.46. The van der Waals surface area contributed by atoms with Crippen LogP contribution in [-0.4, -0.2) is 4.92 Å². The van der Waals surface area contributed by atoms with Crippen molar-refractivity contribution >= 4 is 11.4 Å². The Morgan fingerprint density at radius 3 is 2.50 bits per heavy atom. The van der Waals surface area contributed by atoms with E-state index in [1.165, 1.54) is 16.7 Å². The number of rotatable bonds is 3. The number of nitro groups is 1. The van der Waals surface area contributed by atoms with Crippen LogP contribution in [0.5, 0.6) is 0 Å². The third-order valence-electron chi connectivity index (χ3n) is 5.94. The molecule has 2 aliphatic rings. The first kappa shape index (κ1) is 16.8. The van der Waals surface area contributed by atoms with Gasteiger partial charge in [0.1, 0.15) is 0 Å². The molecule has 0 radical (unpaired) electrons. The number of para-hydroxylation sites is 1. The number of nitrogens with one attached hydrogen (secondary N) is 1. The number of nitro benzene ring substituents is 1. The summed E-state index contributed by atoms with van der Waals surface area (Å²) in [5.41, 5.74) is 5.69. The van der Waals surface area contributed by atoms with Crippen molar-refractivity contribution in [2.24, 2.45) is 5.92 Å². The molecule has 0 saturated heterocycles. The summed E-state index contributed by atoms with van der Waals surface area (Å²) >= 11 is 0. The first-order valence-corrected chi connectivity index (χ1v) is 9.58. The third kappa shape index (κ3) is 2.69. The smallest absolute Gasteiger partial charge is 0.274 e. The fourth-order valence-corrected chi connectivity index (χ4v) is 4.63. The molecule has 0 spiro atoms. The summed E-state index contributed by atoms with van der Waals surface area (Å²) in [5, 5.41) is 15.2. The fraction of sp³-hybridized carbons (Fsp3) is 0.167. The van der Waals surface area contributed by atoms with E-state index in [0.29, 0.717) is 0 Å². The maximum Gasteiger partial charge on any atom is 0.274 e. The maximum absolute atomic E-state index is 11.6.